The van der Waals surface area contributed by atoms with Crippen molar-refractivity contribution < 1.29 is 9.59 Å². The Hall–Kier alpha value is -2.04. The van der Waals surface area contributed by atoms with Crippen molar-refractivity contribution in [3.63, 3.8) is 0 Å². The molecule has 3 aliphatic rings. The Morgan fingerprint density at radius 2 is 1.64 bits per heavy atom. The number of urea groups is 1. The number of amides is 3. The maximum atomic E-state index is 12.7. The highest BCUT2D eigenvalue weighted by atomic mass is 16.2. The Morgan fingerprint density at radius 1 is 0.960 bits per heavy atom. The summed E-state index contributed by atoms with van der Waals surface area (Å²) in [4.78, 5) is 26.7. The third kappa shape index (κ3) is 4.14. The largest absolute Gasteiger partial charge is 0.349 e. The number of nitrogens with zero attached hydrogens (tertiary/aromatic N) is 1. The van der Waals surface area contributed by atoms with Gasteiger partial charge in [0.1, 0.15) is 0 Å². The Bertz CT molecular complexity index is 617. The predicted octanol–water partition coefficient (Wildman–Crippen LogP) is 2.84. The van der Waals surface area contributed by atoms with E-state index in [0.29, 0.717) is 25.0 Å². The van der Waals surface area contributed by atoms with Gasteiger partial charge in [-0.15, -0.1) is 0 Å². The molecule has 1 atom stereocenters. The molecule has 0 aromatic heterocycles. The molecule has 2 aliphatic carbocycles. The van der Waals surface area contributed by atoms with Crippen molar-refractivity contribution in [2.75, 3.05) is 13.1 Å². The molecule has 1 aromatic carbocycles. The summed E-state index contributed by atoms with van der Waals surface area (Å²) in [6.07, 6.45) is 6.12. The third-order valence-electron chi connectivity index (χ3n) is 5.61. The summed E-state index contributed by atoms with van der Waals surface area (Å²) in [6, 6.07) is 10.9. The van der Waals surface area contributed by atoms with Crippen LogP contribution in [0, 0.1) is 11.8 Å². The minimum absolute atomic E-state index is 0.0231. The van der Waals surface area contributed by atoms with Crippen molar-refractivity contribution in [1.82, 2.24) is 15.5 Å². The summed E-state index contributed by atoms with van der Waals surface area (Å²) < 4.78 is 0. The van der Waals surface area contributed by atoms with Crippen LogP contribution in [0.1, 0.15) is 50.1 Å². The lowest BCUT2D eigenvalue weighted by Crippen LogP contribution is -2.47. The van der Waals surface area contributed by atoms with E-state index in [1.54, 1.807) is 0 Å². The van der Waals surface area contributed by atoms with Crippen LogP contribution in [0.3, 0.4) is 0 Å². The van der Waals surface area contributed by atoms with Gasteiger partial charge in [-0.05, 0) is 50.0 Å². The number of hydrogen-bond acceptors (Lipinski definition) is 2. The normalized spacial score (nSPS) is 22.3. The van der Waals surface area contributed by atoms with Crippen LogP contribution in [-0.4, -0.2) is 36.0 Å². The van der Waals surface area contributed by atoms with Gasteiger partial charge in [0.05, 0.1) is 6.04 Å². The van der Waals surface area contributed by atoms with Crippen LogP contribution in [0.2, 0.25) is 0 Å². The molecule has 1 saturated heterocycles. The van der Waals surface area contributed by atoms with Crippen LogP contribution < -0.4 is 10.6 Å². The molecule has 0 bridgehead atoms. The topological polar surface area (TPSA) is 61.4 Å². The van der Waals surface area contributed by atoms with Crippen LogP contribution >= 0.6 is 0 Å². The minimum atomic E-state index is 0.0231. The van der Waals surface area contributed by atoms with Crippen molar-refractivity contribution >= 4 is 11.9 Å². The van der Waals surface area contributed by atoms with Gasteiger partial charge in [0, 0.05) is 25.0 Å². The van der Waals surface area contributed by atoms with E-state index in [-0.39, 0.29) is 23.9 Å². The highest BCUT2D eigenvalue weighted by molar-refractivity contribution is 5.80. The molecule has 1 aliphatic heterocycles. The van der Waals surface area contributed by atoms with E-state index in [9.17, 15) is 9.59 Å². The van der Waals surface area contributed by atoms with Gasteiger partial charge in [-0.1, -0.05) is 30.3 Å². The van der Waals surface area contributed by atoms with Crippen molar-refractivity contribution in [2.24, 2.45) is 11.8 Å². The van der Waals surface area contributed by atoms with Gasteiger partial charge in [-0.2, -0.15) is 0 Å². The number of likely N-dealkylation sites (tertiary alicyclic amines) is 1. The van der Waals surface area contributed by atoms with Gasteiger partial charge >= 0.3 is 6.03 Å². The molecule has 25 heavy (non-hydrogen) atoms. The van der Waals surface area contributed by atoms with Crippen LogP contribution in [0.15, 0.2) is 30.3 Å². The molecule has 5 nitrogen and oxygen atoms in total. The van der Waals surface area contributed by atoms with Crippen molar-refractivity contribution in [1.29, 1.82) is 0 Å². The molecule has 0 radical (unpaired) electrons. The molecule has 2 N–H and O–H groups in total. The van der Waals surface area contributed by atoms with E-state index in [4.69, 9.17) is 0 Å². The monoisotopic (exact) mass is 341 g/mol. The standard InChI is InChI=1S/C20H27N3O2/c24-19(22-18(15-6-7-15)14-4-2-1-3-5-14)16-10-12-23(13-11-16)20(25)21-17-8-9-17/h1-5,15-18H,6-13H2,(H,21,25)(H,22,24)/t18-/m0/s1. The highest BCUT2D eigenvalue weighted by Crippen LogP contribution is 2.41. The van der Waals surface area contributed by atoms with E-state index in [1.165, 1.54) is 18.4 Å². The Labute approximate surface area is 149 Å². The summed E-state index contributed by atoms with van der Waals surface area (Å²) in [7, 11) is 0. The van der Waals surface area contributed by atoms with E-state index >= 15 is 0 Å². The van der Waals surface area contributed by atoms with Gasteiger partial charge in [0.2, 0.25) is 5.91 Å². The van der Waals surface area contributed by atoms with E-state index < -0.39 is 0 Å². The number of hydrogen-bond donors (Lipinski definition) is 2. The summed E-state index contributed by atoms with van der Waals surface area (Å²) in [5.41, 5.74) is 1.21. The average Bonchev–Trinajstić information content (AvgIpc) is 3.54. The zero-order chi connectivity index (χ0) is 17.2. The van der Waals surface area contributed by atoms with Crippen LogP contribution in [-0.2, 0) is 4.79 Å². The van der Waals surface area contributed by atoms with Gasteiger partial charge < -0.3 is 15.5 Å². The molecule has 4 rings (SSSR count). The lowest BCUT2D eigenvalue weighted by atomic mass is 9.94. The molecular weight excluding hydrogens is 314 g/mol. The summed E-state index contributed by atoms with van der Waals surface area (Å²) in [5.74, 6) is 0.758. The number of nitrogens with one attached hydrogen (secondary N) is 2. The van der Waals surface area contributed by atoms with Gasteiger partial charge in [0.25, 0.3) is 0 Å². The van der Waals surface area contributed by atoms with Crippen LogP contribution in [0.25, 0.3) is 0 Å². The first-order chi connectivity index (χ1) is 12.2. The minimum Gasteiger partial charge on any atom is -0.349 e. The molecule has 0 unspecified atom stereocenters. The van der Waals surface area contributed by atoms with Crippen LogP contribution in [0.5, 0.6) is 0 Å². The first-order valence-electron chi connectivity index (χ1n) is 9.61. The molecular formula is C20H27N3O2. The average molecular weight is 341 g/mol. The fourth-order valence-corrected chi connectivity index (χ4v) is 3.67. The van der Waals surface area contributed by atoms with E-state index in [1.807, 2.05) is 23.1 Å². The highest BCUT2D eigenvalue weighted by Gasteiger charge is 2.36. The molecule has 3 amide bonds. The zero-order valence-corrected chi connectivity index (χ0v) is 14.6. The summed E-state index contributed by atoms with van der Waals surface area (Å²) >= 11 is 0. The van der Waals surface area contributed by atoms with E-state index in [0.717, 1.165) is 25.7 Å². The Balaban J connectivity index is 1.30. The second kappa shape index (κ2) is 7.06. The molecule has 2 saturated carbocycles. The predicted molar refractivity (Wildman–Crippen MR) is 95.9 cm³/mol. The maximum absolute atomic E-state index is 12.7. The number of rotatable bonds is 5. The zero-order valence-electron chi connectivity index (χ0n) is 14.6. The third-order valence-corrected chi connectivity index (χ3v) is 5.61. The number of carbonyl (C=O) groups excluding carboxylic acids is 2. The molecule has 0 spiro atoms. The SMILES string of the molecule is O=C(N[C@@H](c1ccccc1)C1CC1)C1CCN(C(=O)NC2CC2)CC1. The fraction of sp³-hybridized carbons (Fsp3) is 0.600. The first kappa shape index (κ1) is 16.4. The molecule has 1 aromatic rings. The molecule has 134 valence electrons. The lowest BCUT2D eigenvalue weighted by Gasteiger charge is -2.32. The quantitative estimate of drug-likeness (QED) is 0.865. The summed E-state index contributed by atoms with van der Waals surface area (Å²) in [5, 5.41) is 6.32. The van der Waals surface area contributed by atoms with Crippen molar-refractivity contribution in [3.05, 3.63) is 35.9 Å². The number of carbonyl (C=O) groups is 2. The number of benzene rings is 1. The second-order valence-electron chi connectivity index (χ2n) is 7.72. The number of piperidine rings is 1. The molecule has 1 heterocycles. The Morgan fingerprint density at radius 3 is 2.24 bits per heavy atom. The second-order valence-corrected chi connectivity index (χ2v) is 7.72. The molecule has 5 heteroatoms. The van der Waals surface area contributed by atoms with E-state index in [2.05, 4.69) is 22.8 Å². The van der Waals surface area contributed by atoms with Gasteiger partial charge in [-0.25, -0.2) is 4.79 Å². The van der Waals surface area contributed by atoms with Gasteiger partial charge in [0.15, 0.2) is 0 Å². The summed E-state index contributed by atoms with van der Waals surface area (Å²) in [6.45, 7) is 1.35. The van der Waals surface area contributed by atoms with Crippen LogP contribution in [0.4, 0.5) is 4.79 Å². The molecule has 3 fully saturated rings. The van der Waals surface area contributed by atoms with Gasteiger partial charge in [-0.3, -0.25) is 4.79 Å². The Kier molecular flexibility index (Phi) is 4.64. The maximum Gasteiger partial charge on any atom is 0.317 e. The van der Waals surface area contributed by atoms with Crippen molar-refractivity contribution in [3.8, 4) is 0 Å². The smallest absolute Gasteiger partial charge is 0.317 e. The fourth-order valence-electron chi connectivity index (χ4n) is 3.67. The lowest BCUT2D eigenvalue weighted by molar-refractivity contribution is -0.127. The first-order valence-corrected chi connectivity index (χ1v) is 9.61. The van der Waals surface area contributed by atoms with Crippen molar-refractivity contribution in [2.45, 2.75) is 50.6 Å².